The van der Waals surface area contributed by atoms with Crippen molar-refractivity contribution >= 4 is 28.6 Å². The topological polar surface area (TPSA) is 79.0 Å². The number of rotatable bonds is 10. The van der Waals surface area contributed by atoms with Gasteiger partial charge in [-0.15, -0.1) is 0 Å². The highest BCUT2D eigenvalue weighted by Crippen LogP contribution is 2.26. The van der Waals surface area contributed by atoms with Crippen molar-refractivity contribution in [3.63, 3.8) is 0 Å². The first-order chi connectivity index (χ1) is 13.6. The van der Waals surface area contributed by atoms with Crippen molar-refractivity contribution in [1.82, 2.24) is 19.9 Å². The van der Waals surface area contributed by atoms with Gasteiger partial charge in [0.25, 0.3) is 0 Å². The van der Waals surface area contributed by atoms with Gasteiger partial charge in [-0.25, -0.2) is 9.97 Å². The monoisotopic (exact) mass is 382 g/mol. The number of methoxy groups -OCH3 is 1. The summed E-state index contributed by atoms with van der Waals surface area (Å²) >= 11 is 0. The van der Waals surface area contributed by atoms with Gasteiger partial charge in [-0.3, -0.25) is 0 Å². The third-order valence-corrected chi connectivity index (χ3v) is 4.48. The summed E-state index contributed by atoms with van der Waals surface area (Å²) in [4.78, 5) is 19.9. The van der Waals surface area contributed by atoms with Crippen LogP contribution in [-0.4, -0.2) is 46.7 Å². The van der Waals surface area contributed by atoms with Gasteiger partial charge in [0.1, 0.15) is 11.3 Å². The first kappa shape index (κ1) is 20.1. The molecule has 0 saturated heterocycles. The SMILES string of the molecule is CCCN(CCC)c1nc(CCOC)nc2nc(Nc3cccc(C)c3)[nH]c12. The van der Waals surface area contributed by atoms with E-state index in [9.17, 15) is 0 Å². The predicted molar refractivity (Wildman–Crippen MR) is 115 cm³/mol. The lowest BCUT2D eigenvalue weighted by molar-refractivity contribution is 0.200. The fraction of sp³-hybridized carbons (Fsp3) is 0.476. The van der Waals surface area contributed by atoms with Crippen LogP contribution >= 0.6 is 0 Å². The van der Waals surface area contributed by atoms with E-state index in [4.69, 9.17) is 9.72 Å². The molecule has 0 bridgehead atoms. The average Bonchev–Trinajstić information content (AvgIpc) is 3.07. The summed E-state index contributed by atoms with van der Waals surface area (Å²) in [6.07, 6.45) is 2.78. The lowest BCUT2D eigenvalue weighted by Gasteiger charge is -2.23. The third-order valence-electron chi connectivity index (χ3n) is 4.48. The number of hydrogen-bond acceptors (Lipinski definition) is 6. The number of nitrogens with zero attached hydrogens (tertiary/aromatic N) is 4. The van der Waals surface area contributed by atoms with E-state index in [0.29, 0.717) is 24.6 Å². The molecular weight excluding hydrogens is 352 g/mol. The number of ether oxygens (including phenoxy) is 1. The van der Waals surface area contributed by atoms with E-state index in [1.807, 2.05) is 12.1 Å². The Labute approximate surface area is 166 Å². The Kier molecular flexibility index (Phi) is 6.81. The fourth-order valence-corrected chi connectivity index (χ4v) is 3.24. The minimum Gasteiger partial charge on any atom is -0.384 e. The predicted octanol–water partition coefficient (Wildman–Crippen LogP) is 4.22. The standard InChI is InChI=1S/C21H30N6O/c1-5-11-27(12-6-2)20-18-19(23-17(24-20)10-13-28-4)26-21(25-18)22-16-9-7-8-15(3)14-16/h7-9,14H,5-6,10-13H2,1-4H3,(H2,22,23,24,25,26). The molecule has 3 aromatic rings. The first-order valence-corrected chi connectivity index (χ1v) is 9.98. The van der Waals surface area contributed by atoms with Crippen LogP contribution in [0.25, 0.3) is 11.2 Å². The molecule has 0 fully saturated rings. The first-order valence-electron chi connectivity index (χ1n) is 9.98. The number of benzene rings is 1. The molecule has 0 aliphatic carbocycles. The van der Waals surface area contributed by atoms with Crippen LogP contribution in [0.5, 0.6) is 0 Å². The molecule has 0 atom stereocenters. The highest BCUT2D eigenvalue weighted by atomic mass is 16.5. The second kappa shape index (κ2) is 9.50. The van der Waals surface area contributed by atoms with Crippen molar-refractivity contribution in [2.45, 2.75) is 40.0 Å². The van der Waals surface area contributed by atoms with E-state index in [0.717, 1.165) is 48.8 Å². The van der Waals surface area contributed by atoms with Crippen LogP contribution in [0.3, 0.4) is 0 Å². The molecule has 0 aliphatic heterocycles. The number of aryl methyl sites for hydroxylation is 1. The third kappa shape index (κ3) is 4.78. The minimum absolute atomic E-state index is 0.589. The molecule has 28 heavy (non-hydrogen) atoms. The number of nitrogens with one attached hydrogen (secondary N) is 2. The average molecular weight is 383 g/mol. The number of hydrogen-bond donors (Lipinski definition) is 2. The molecule has 0 unspecified atom stereocenters. The molecule has 3 rings (SSSR count). The van der Waals surface area contributed by atoms with Crippen molar-refractivity contribution in [3.8, 4) is 0 Å². The molecular formula is C21H30N6O. The summed E-state index contributed by atoms with van der Waals surface area (Å²) in [5.74, 6) is 2.35. The number of aromatic nitrogens is 4. The summed E-state index contributed by atoms with van der Waals surface area (Å²) in [5, 5.41) is 3.35. The second-order valence-electron chi connectivity index (χ2n) is 6.97. The van der Waals surface area contributed by atoms with Crippen LogP contribution in [0.4, 0.5) is 17.5 Å². The molecule has 0 spiro atoms. The summed E-state index contributed by atoms with van der Waals surface area (Å²) in [6.45, 7) is 8.93. The van der Waals surface area contributed by atoms with Gasteiger partial charge < -0.3 is 19.9 Å². The van der Waals surface area contributed by atoms with Crippen LogP contribution in [0, 0.1) is 6.92 Å². The maximum Gasteiger partial charge on any atom is 0.207 e. The number of H-pyrrole nitrogens is 1. The number of anilines is 3. The molecule has 2 aromatic heterocycles. The number of imidazole rings is 1. The molecule has 1 aromatic carbocycles. The smallest absolute Gasteiger partial charge is 0.207 e. The largest absolute Gasteiger partial charge is 0.384 e. The van der Waals surface area contributed by atoms with Gasteiger partial charge in [0.05, 0.1) is 6.61 Å². The van der Waals surface area contributed by atoms with E-state index in [1.54, 1.807) is 7.11 Å². The fourth-order valence-electron chi connectivity index (χ4n) is 3.24. The Hall–Kier alpha value is -2.67. The molecule has 0 amide bonds. The highest BCUT2D eigenvalue weighted by Gasteiger charge is 2.17. The van der Waals surface area contributed by atoms with Crippen LogP contribution in [0.2, 0.25) is 0 Å². The van der Waals surface area contributed by atoms with Crippen molar-refractivity contribution < 1.29 is 4.74 Å². The van der Waals surface area contributed by atoms with Crippen molar-refractivity contribution in [2.24, 2.45) is 0 Å². The van der Waals surface area contributed by atoms with E-state index in [-0.39, 0.29) is 0 Å². The Bertz CT molecular complexity index is 901. The molecule has 7 heteroatoms. The Morgan fingerprint density at radius 2 is 1.89 bits per heavy atom. The van der Waals surface area contributed by atoms with Gasteiger partial charge in [0.2, 0.25) is 5.95 Å². The summed E-state index contributed by atoms with van der Waals surface area (Å²) in [6, 6.07) is 8.21. The van der Waals surface area contributed by atoms with E-state index < -0.39 is 0 Å². The van der Waals surface area contributed by atoms with Gasteiger partial charge in [0.15, 0.2) is 11.5 Å². The van der Waals surface area contributed by atoms with Gasteiger partial charge in [-0.05, 0) is 37.5 Å². The van der Waals surface area contributed by atoms with Crippen LogP contribution in [-0.2, 0) is 11.2 Å². The normalized spacial score (nSPS) is 11.1. The summed E-state index contributed by atoms with van der Waals surface area (Å²) in [7, 11) is 1.69. The van der Waals surface area contributed by atoms with Crippen LogP contribution < -0.4 is 10.2 Å². The molecule has 2 heterocycles. The Balaban J connectivity index is 2.01. The van der Waals surface area contributed by atoms with Crippen molar-refractivity contribution in [2.75, 3.05) is 37.0 Å². The van der Waals surface area contributed by atoms with Crippen LogP contribution in [0.15, 0.2) is 24.3 Å². The molecule has 7 nitrogen and oxygen atoms in total. The molecule has 0 aliphatic rings. The van der Waals surface area contributed by atoms with E-state index >= 15 is 0 Å². The van der Waals surface area contributed by atoms with E-state index in [2.05, 4.69) is 58.1 Å². The Morgan fingerprint density at radius 1 is 1.11 bits per heavy atom. The maximum atomic E-state index is 5.21. The second-order valence-corrected chi connectivity index (χ2v) is 6.97. The van der Waals surface area contributed by atoms with Gasteiger partial charge in [-0.1, -0.05) is 26.0 Å². The zero-order chi connectivity index (χ0) is 19.9. The van der Waals surface area contributed by atoms with Gasteiger partial charge in [-0.2, -0.15) is 4.98 Å². The maximum absolute atomic E-state index is 5.21. The molecule has 0 radical (unpaired) electrons. The highest BCUT2D eigenvalue weighted by molar-refractivity contribution is 5.85. The quantitative estimate of drug-likeness (QED) is 0.546. The van der Waals surface area contributed by atoms with E-state index in [1.165, 1.54) is 5.56 Å². The molecule has 0 saturated carbocycles. The number of fused-ring (bicyclic) bond motifs is 1. The molecule has 2 N–H and O–H groups in total. The lowest BCUT2D eigenvalue weighted by atomic mass is 10.2. The van der Waals surface area contributed by atoms with Gasteiger partial charge >= 0.3 is 0 Å². The van der Waals surface area contributed by atoms with Crippen molar-refractivity contribution in [1.29, 1.82) is 0 Å². The zero-order valence-corrected chi connectivity index (χ0v) is 17.2. The van der Waals surface area contributed by atoms with Crippen LogP contribution in [0.1, 0.15) is 38.1 Å². The Morgan fingerprint density at radius 3 is 2.57 bits per heavy atom. The van der Waals surface area contributed by atoms with Gasteiger partial charge in [0, 0.05) is 32.3 Å². The lowest BCUT2D eigenvalue weighted by Crippen LogP contribution is -2.26. The summed E-state index contributed by atoms with van der Waals surface area (Å²) in [5.41, 5.74) is 3.74. The van der Waals surface area contributed by atoms with Crippen molar-refractivity contribution in [3.05, 3.63) is 35.7 Å². The molecule has 150 valence electrons. The zero-order valence-electron chi connectivity index (χ0n) is 17.2. The minimum atomic E-state index is 0.589. The number of aromatic amines is 1. The summed E-state index contributed by atoms with van der Waals surface area (Å²) < 4.78 is 5.21.